The Morgan fingerprint density at radius 1 is 1.07 bits per heavy atom. The molecule has 0 saturated heterocycles. The zero-order valence-corrected chi connectivity index (χ0v) is 17.3. The fraction of sp³-hybridized carbons (Fsp3) is 0.421. The molecule has 0 aliphatic rings. The van der Waals surface area contributed by atoms with Gasteiger partial charge < -0.3 is 16.0 Å². The normalized spacial score (nSPS) is 12.0. The Morgan fingerprint density at radius 3 is 2.24 bits per heavy atom. The number of halogens is 3. The van der Waals surface area contributed by atoms with Gasteiger partial charge in [-0.3, -0.25) is 9.79 Å². The van der Waals surface area contributed by atoms with Crippen LogP contribution >= 0.6 is 11.3 Å². The molecule has 3 N–H and O–H groups in total. The van der Waals surface area contributed by atoms with Gasteiger partial charge in [0, 0.05) is 43.5 Å². The van der Waals surface area contributed by atoms with Crippen LogP contribution in [-0.2, 0) is 12.6 Å². The molecular weight excluding hydrogens is 403 g/mol. The highest BCUT2D eigenvalue weighted by atomic mass is 32.1. The largest absolute Gasteiger partial charge is 0.416 e. The first kappa shape index (κ1) is 22.7. The number of aliphatic imine (C=N–C) groups is 1. The van der Waals surface area contributed by atoms with Gasteiger partial charge in [-0.2, -0.15) is 13.2 Å². The number of aromatic nitrogens is 1. The molecule has 0 radical (unpaired) electrons. The minimum Gasteiger partial charge on any atom is -0.356 e. The molecule has 0 aliphatic carbocycles. The number of nitrogens with zero attached hydrogens (tertiary/aromatic N) is 2. The number of hydrogen-bond acceptors (Lipinski definition) is 4. The number of amides is 1. The van der Waals surface area contributed by atoms with E-state index >= 15 is 0 Å². The van der Waals surface area contributed by atoms with E-state index in [1.807, 2.05) is 13.8 Å². The Kier molecular flexibility index (Phi) is 8.00. The zero-order chi connectivity index (χ0) is 21.4. The van der Waals surface area contributed by atoms with E-state index in [0.29, 0.717) is 25.6 Å². The predicted molar refractivity (Wildman–Crippen MR) is 108 cm³/mol. The number of rotatable bonds is 7. The Bertz CT molecular complexity index is 827. The zero-order valence-electron chi connectivity index (χ0n) is 16.5. The van der Waals surface area contributed by atoms with Crippen molar-refractivity contribution in [3.63, 3.8) is 0 Å². The number of guanidine groups is 1. The van der Waals surface area contributed by atoms with Crippen molar-refractivity contribution < 1.29 is 18.0 Å². The molecule has 1 heterocycles. The molecular formula is C19H24F3N5OS. The highest BCUT2D eigenvalue weighted by Crippen LogP contribution is 2.29. The van der Waals surface area contributed by atoms with Crippen molar-refractivity contribution in [2.75, 3.05) is 26.7 Å². The summed E-state index contributed by atoms with van der Waals surface area (Å²) in [5.41, 5.74) is 0.444. The molecule has 0 unspecified atom stereocenters. The summed E-state index contributed by atoms with van der Waals surface area (Å²) < 4.78 is 37.7. The van der Waals surface area contributed by atoms with Gasteiger partial charge in [0.05, 0.1) is 16.3 Å². The SMILES string of the molecule is CN=C(NCCNC(=O)c1ccc(C(F)(F)F)cc1)NCCc1nc(C)c(C)s1. The molecule has 0 aliphatic heterocycles. The Hall–Kier alpha value is -2.62. The van der Waals surface area contributed by atoms with Crippen LogP contribution in [0.5, 0.6) is 0 Å². The number of benzene rings is 1. The van der Waals surface area contributed by atoms with Gasteiger partial charge in [-0.15, -0.1) is 11.3 Å². The van der Waals surface area contributed by atoms with Crippen LogP contribution in [0.15, 0.2) is 29.3 Å². The van der Waals surface area contributed by atoms with Crippen molar-refractivity contribution in [3.05, 3.63) is 51.0 Å². The standard InChI is InChI=1S/C19H24F3N5OS/c1-12-13(2)29-16(27-12)8-9-25-18(23-3)26-11-10-24-17(28)14-4-6-15(7-5-14)19(20,21)22/h4-7H,8-11H2,1-3H3,(H,24,28)(H2,23,25,26). The van der Waals surface area contributed by atoms with E-state index in [0.717, 1.165) is 41.4 Å². The van der Waals surface area contributed by atoms with Gasteiger partial charge in [0.15, 0.2) is 5.96 Å². The molecule has 10 heteroatoms. The van der Waals surface area contributed by atoms with Crippen molar-refractivity contribution in [1.82, 2.24) is 20.9 Å². The summed E-state index contributed by atoms with van der Waals surface area (Å²) in [4.78, 5) is 21.8. The lowest BCUT2D eigenvalue weighted by Gasteiger charge is -2.12. The van der Waals surface area contributed by atoms with Crippen molar-refractivity contribution in [2.24, 2.45) is 4.99 Å². The van der Waals surface area contributed by atoms with E-state index < -0.39 is 17.6 Å². The second-order valence-electron chi connectivity index (χ2n) is 6.26. The third-order valence-corrected chi connectivity index (χ3v) is 5.24. The van der Waals surface area contributed by atoms with Crippen LogP contribution in [0.4, 0.5) is 13.2 Å². The van der Waals surface area contributed by atoms with Gasteiger partial charge in [-0.05, 0) is 38.1 Å². The van der Waals surface area contributed by atoms with Crippen LogP contribution < -0.4 is 16.0 Å². The van der Waals surface area contributed by atoms with Crippen LogP contribution in [0.1, 0.15) is 31.5 Å². The molecule has 6 nitrogen and oxygen atoms in total. The second-order valence-corrected chi connectivity index (χ2v) is 7.54. The predicted octanol–water partition coefficient (Wildman–Crippen LogP) is 2.92. The summed E-state index contributed by atoms with van der Waals surface area (Å²) in [7, 11) is 1.65. The van der Waals surface area contributed by atoms with Gasteiger partial charge in [-0.1, -0.05) is 0 Å². The van der Waals surface area contributed by atoms with Gasteiger partial charge >= 0.3 is 6.18 Å². The maximum Gasteiger partial charge on any atom is 0.416 e. The van der Waals surface area contributed by atoms with Crippen LogP contribution in [0.25, 0.3) is 0 Å². The Balaban J connectivity index is 1.69. The summed E-state index contributed by atoms with van der Waals surface area (Å²) in [5, 5.41) is 9.96. The lowest BCUT2D eigenvalue weighted by molar-refractivity contribution is -0.137. The molecule has 1 aromatic carbocycles. The summed E-state index contributed by atoms with van der Waals surface area (Å²) in [5.74, 6) is 0.164. The van der Waals surface area contributed by atoms with Crippen molar-refractivity contribution in [2.45, 2.75) is 26.4 Å². The first-order valence-corrected chi connectivity index (χ1v) is 9.85. The third kappa shape index (κ3) is 7.04. The van der Waals surface area contributed by atoms with E-state index in [1.54, 1.807) is 18.4 Å². The van der Waals surface area contributed by atoms with E-state index in [9.17, 15) is 18.0 Å². The van der Waals surface area contributed by atoms with Crippen LogP contribution in [0.2, 0.25) is 0 Å². The number of carbonyl (C=O) groups is 1. The number of nitrogens with one attached hydrogen (secondary N) is 3. The van der Waals surface area contributed by atoms with Crippen LogP contribution in [0.3, 0.4) is 0 Å². The van der Waals surface area contributed by atoms with E-state index in [-0.39, 0.29) is 5.56 Å². The first-order valence-electron chi connectivity index (χ1n) is 9.03. The molecule has 0 atom stereocenters. The number of aryl methyl sites for hydroxylation is 2. The highest BCUT2D eigenvalue weighted by Gasteiger charge is 2.30. The summed E-state index contributed by atoms with van der Waals surface area (Å²) in [6, 6.07) is 4.11. The molecule has 0 spiro atoms. The van der Waals surface area contributed by atoms with E-state index in [4.69, 9.17) is 0 Å². The van der Waals surface area contributed by atoms with Gasteiger partial charge in [0.25, 0.3) is 5.91 Å². The minimum atomic E-state index is -4.42. The van der Waals surface area contributed by atoms with Crippen molar-refractivity contribution in [1.29, 1.82) is 0 Å². The lowest BCUT2D eigenvalue weighted by Crippen LogP contribution is -2.42. The fourth-order valence-electron chi connectivity index (χ4n) is 2.42. The highest BCUT2D eigenvalue weighted by molar-refractivity contribution is 7.11. The molecule has 1 amide bonds. The van der Waals surface area contributed by atoms with Crippen molar-refractivity contribution in [3.8, 4) is 0 Å². The van der Waals surface area contributed by atoms with Crippen LogP contribution in [0, 0.1) is 13.8 Å². The van der Waals surface area contributed by atoms with Gasteiger partial charge in [-0.25, -0.2) is 4.98 Å². The average molecular weight is 427 g/mol. The number of alkyl halides is 3. The lowest BCUT2D eigenvalue weighted by atomic mass is 10.1. The molecule has 2 rings (SSSR count). The smallest absolute Gasteiger partial charge is 0.356 e. The first-order chi connectivity index (χ1) is 13.7. The summed E-state index contributed by atoms with van der Waals surface area (Å²) >= 11 is 1.68. The molecule has 158 valence electrons. The van der Waals surface area contributed by atoms with Gasteiger partial charge in [0.2, 0.25) is 0 Å². The summed E-state index contributed by atoms with van der Waals surface area (Å²) in [6.45, 7) is 5.42. The van der Waals surface area contributed by atoms with Crippen molar-refractivity contribution >= 4 is 23.2 Å². The molecule has 2 aromatic rings. The molecule has 1 aromatic heterocycles. The topological polar surface area (TPSA) is 78.4 Å². The second kappa shape index (κ2) is 10.2. The van der Waals surface area contributed by atoms with E-state index in [2.05, 4.69) is 25.9 Å². The maximum atomic E-state index is 12.6. The Morgan fingerprint density at radius 2 is 1.69 bits per heavy atom. The molecule has 29 heavy (non-hydrogen) atoms. The maximum absolute atomic E-state index is 12.6. The Labute approximate surface area is 171 Å². The molecule has 0 bridgehead atoms. The molecule has 0 fully saturated rings. The third-order valence-electron chi connectivity index (χ3n) is 4.11. The fourth-order valence-corrected chi connectivity index (χ4v) is 3.36. The quantitative estimate of drug-likeness (QED) is 0.361. The number of thiazole rings is 1. The summed E-state index contributed by atoms with van der Waals surface area (Å²) in [6.07, 6.45) is -3.64. The number of carbonyl (C=O) groups excluding carboxylic acids is 1. The molecule has 0 saturated carbocycles. The number of hydrogen-bond donors (Lipinski definition) is 3. The minimum absolute atomic E-state index is 0.176. The average Bonchev–Trinajstić information content (AvgIpc) is 3.00. The van der Waals surface area contributed by atoms with Gasteiger partial charge in [0.1, 0.15) is 0 Å². The monoisotopic (exact) mass is 427 g/mol. The van der Waals surface area contributed by atoms with Crippen LogP contribution in [-0.4, -0.2) is 43.5 Å². The van der Waals surface area contributed by atoms with E-state index in [1.165, 1.54) is 4.88 Å².